The van der Waals surface area contributed by atoms with E-state index in [1.807, 2.05) is 13.0 Å². The van der Waals surface area contributed by atoms with Gasteiger partial charge in [0.2, 0.25) is 0 Å². The molecule has 2 aliphatic rings. The van der Waals surface area contributed by atoms with Crippen LogP contribution in [0.25, 0.3) is 0 Å². The highest BCUT2D eigenvalue weighted by Crippen LogP contribution is 2.41. The summed E-state index contributed by atoms with van der Waals surface area (Å²) in [7, 11) is 1.41. The van der Waals surface area contributed by atoms with E-state index in [2.05, 4.69) is 39.0 Å². The summed E-state index contributed by atoms with van der Waals surface area (Å²) >= 11 is 0. The first-order chi connectivity index (χ1) is 12.3. The average molecular weight is 355 g/mol. The number of hydrogen-bond donors (Lipinski definition) is 0. The molecule has 2 aliphatic carbocycles. The van der Waals surface area contributed by atoms with Crippen LogP contribution in [-0.2, 0) is 9.53 Å². The van der Waals surface area contributed by atoms with E-state index in [9.17, 15) is 4.79 Å². The first-order valence-corrected chi connectivity index (χ1v) is 9.88. The highest BCUT2D eigenvalue weighted by Gasteiger charge is 2.26. The van der Waals surface area contributed by atoms with Crippen molar-refractivity contribution >= 4 is 5.97 Å². The minimum Gasteiger partial charge on any atom is -0.466 e. The summed E-state index contributed by atoms with van der Waals surface area (Å²) in [5.41, 5.74) is 7.11. The van der Waals surface area contributed by atoms with Gasteiger partial charge in [-0.15, -0.1) is 0 Å². The molecule has 0 aliphatic heterocycles. The van der Waals surface area contributed by atoms with Gasteiger partial charge in [0.05, 0.1) is 7.11 Å². The van der Waals surface area contributed by atoms with Gasteiger partial charge in [-0.25, -0.2) is 4.79 Å². The van der Waals surface area contributed by atoms with Gasteiger partial charge in [-0.05, 0) is 86.5 Å². The fourth-order valence-electron chi connectivity index (χ4n) is 4.05. The van der Waals surface area contributed by atoms with Gasteiger partial charge >= 0.3 is 5.97 Å². The predicted molar refractivity (Wildman–Crippen MR) is 110 cm³/mol. The van der Waals surface area contributed by atoms with E-state index >= 15 is 0 Å². The molecule has 0 radical (unpaired) electrons. The number of rotatable bonds is 5. The molecule has 2 rings (SSSR count). The third-order valence-electron chi connectivity index (χ3n) is 5.64. The summed E-state index contributed by atoms with van der Waals surface area (Å²) in [5, 5.41) is 0. The maximum Gasteiger partial charge on any atom is 0.330 e. The summed E-state index contributed by atoms with van der Waals surface area (Å²) in [6.07, 6.45) is 19.0. The summed E-state index contributed by atoms with van der Waals surface area (Å²) in [5.74, 6) is -0.299. The number of methoxy groups -OCH3 is 1. The van der Waals surface area contributed by atoms with Crippen LogP contribution in [0, 0.1) is 5.41 Å². The molecule has 142 valence electrons. The fourth-order valence-corrected chi connectivity index (χ4v) is 4.05. The maximum absolute atomic E-state index is 11.3. The van der Waals surface area contributed by atoms with Gasteiger partial charge in [-0.1, -0.05) is 43.7 Å². The van der Waals surface area contributed by atoms with Crippen molar-refractivity contribution in [3.05, 3.63) is 58.2 Å². The largest absolute Gasteiger partial charge is 0.466 e. The second-order valence-corrected chi connectivity index (χ2v) is 8.27. The van der Waals surface area contributed by atoms with Gasteiger partial charge in [-0.3, -0.25) is 0 Å². The summed E-state index contributed by atoms with van der Waals surface area (Å²) < 4.78 is 4.69. The lowest BCUT2D eigenvalue weighted by Crippen LogP contribution is -2.19. The molecule has 0 saturated heterocycles. The molecule has 0 aromatic rings. The second-order valence-electron chi connectivity index (χ2n) is 8.27. The zero-order valence-electron chi connectivity index (χ0n) is 17.2. The quantitative estimate of drug-likeness (QED) is 0.315. The standard InChI is InChI=1S/C24H34O2/c1-18(17-23(25)26-5)12-13-20-10-6-7-11-21(20)14-15-22-19(2)9-8-16-24(22,3)4/h12-15,17H,6-11,16H2,1-5H3. The van der Waals surface area contributed by atoms with Crippen molar-refractivity contribution in [2.24, 2.45) is 5.41 Å². The molecule has 2 heteroatoms. The van der Waals surface area contributed by atoms with Crippen LogP contribution in [0.5, 0.6) is 0 Å². The topological polar surface area (TPSA) is 26.3 Å². The van der Waals surface area contributed by atoms with E-state index in [4.69, 9.17) is 4.74 Å². The number of carbonyl (C=O) groups excluding carboxylic acids is 1. The van der Waals surface area contributed by atoms with Crippen LogP contribution < -0.4 is 0 Å². The van der Waals surface area contributed by atoms with E-state index in [1.54, 1.807) is 5.57 Å². The van der Waals surface area contributed by atoms with Gasteiger partial charge in [0.25, 0.3) is 0 Å². The van der Waals surface area contributed by atoms with Crippen LogP contribution >= 0.6 is 0 Å². The molecule has 0 atom stereocenters. The number of esters is 1. The summed E-state index contributed by atoms with van der Waals surface area (Å²) in [6, 6.07) is 0. The lowest BCUT2D eigenvalue weighted by molar-refractivity contribution is -0.134. The van der Waals surface area contributed by atoms with E-state index < -0.39 is 0 Å². The Kier molecular flexibility index (Phi) is 7.25. The van der Waals surface area contributed by atoms with Gasteiger partial charge in [-0.2, -0.15) is 0 Å². The van der Waals surface area contributed by atoms with Crippen molar-refractivity contribution in [2.75, 3.05) is 7.11 Å². The minimum atomic E-state index is -0.299. The molecule has 0 amide bonds. The smallest absolute Gasteiger partial charge is 0.330 e. The predicted octanol–water partition coefficient (Wildman–Crippen LogP) is 6.62. The second kappa shape index (κ2) is 9.21. The monoisotopic (exact) mass is 354 g/mol. The molecule has 0 aromatic carbocycles. The van der Waals surface area contributed by atoms with Gasteiger partial charge < -0.3 is 4.74 Å². The molecule has 0 bridgehead atoms. The third kappa shape index (κ3) is 5.59. The Balaban J connectivity index is 2.24. The Hall–Kier alpha value is -1.83. The molecule has 2 nitrogen and oxygen atoms in total. The van der Waals surface area contributed by atoms with Crippen molar-refractivity contribution in [1.82, 2.24) is 0 Å². The van der Waals surface area contributed by atoms with Crippen molar-refractivity contribution in [3.63, 3.8) is 0 Å². The molecule has 0 unspecified atom stereocenters. The van der Waals surface area contributed by atoms with E-state index in [0.717, 1.165) is 18.4 Å². The third-order valence-corrected chi connectivity index (χ3v) is 5.64. The first-order valence-electron chi connectivity index (χ1n) is 9.88. The lowest BCUT2D eigenvalue weighted by atomic mass is 9.72. The highest BCUT2D eigenvalue weighted by atomic mass is 16.5. The van der Waals surface area contributed by atoms with Gasteiger partial charge in [0.1, 0.15) is 0 Å². The van der Waals surface area contributed by atoms with Gasteiger partial charge in [0.15, 0.2) is 0 Å². The highest BCUT2D eigenvalue weighted by molar-refractivity contribution is 5.83. The maximum atomic E-state index is 11.3. The molecule has 0 N–H and O–H groups in total. The fraction of sp³-hybridized carbons (Fsp3) is 0.542. The van der Waals surface area contributed by atoms with E-state index in [-0.39, 0.29) is 11.4 Å². The number of ether oxygens (including phenoxy) is 1. The van der Waals surface area contributed by atoms with Crippen LogP contribution in [0.4, 0.5) is 0 Å². The first kappa shape index (κ1) is 20.5. The Morgan fingerprint density at radius 2 is 1.65 bits per heavy atom. The minimum absolute atomic E-state index is 0.282. The van der Waals surface area contributed by atoms with Crippen LogP contribution in [0.2, 0.25) is 0 Å². The normalized spacial score (nSPS) is 21.8. The van der Waals surface area contributed by atoms with E-state index in [1.165, 1.54) is 62.0 Å². The Morgan fingerprint density at radius 3 is 2.27 bits per heavy atom. The molecule has 26 heavy (non-hydrogen) atoms. The zero-order chi connectivity index (χ0) is 19.2. The summed E-state index contributed by atoms with van der Waals surface area (Å²) in [6.45, 7) is 8.96. The van der Waals surface area contributed by atoms with Crippen LogP contribution in [-0.4, -0.2) is 13.1 Å². The van der Waals surface area contributed by atoms with Crippen molar-refractivity contribution in [2.45, 2.75) is 72.6 Å². The van der Waals surface area contributed by atoms with Gasteiger partial charge in [0, 0.05) is 6.08 Å². The molecule has 0 saturated carbocycles. The van der Waals surface area contributed by atoms with Crippen molar-refractivity contribution in [1.29, 1.82) is 0 Å². The van der Waals surface area contributed by atoms with E-state index in [0.29, 0.717) is 0 Å². The molecule has 0 spiro atoms. The number of allylic oxidation sites excluding steroid dienone is 9. The van der Waals surface area contributed by atoms with Crippen molar-refractivity contribution in [3.8, 4) is 0 Å². The molecular formula is C24H34O2. The summed E-state index contributed by atoms with van der Waals surface area (Å²) in [4.78, 5) is 11.3. The molecule has 0 aromatic heterocycles. The molecule has 0 heterocycles. The number of carbonyl (C=O) groups is 1. The van der Waals surface area contributed by atoms with Crippen molar-refractivity contribution < 1.29 is 9.53 Å². The van der Waals surface area contributed by atoms with Crippen LogP contribution in [0.15, 0.2) is 58.2 Å². The SMILES string of the molecule is COC(=O)C=C(C)C=CC1=C(C=CC2=C(C)CCCC2(C)C)CCCC1. The average Bonchev–Trinajstić information content (AvgIpc) is 2.59. The lowest BCUT2D eigenvalue weighted by Gasteiger charge is -2.33. The number of hydrogen-bond acceptors (Lipinski definition) is 2. The molecular weight excluding hydrogens is 320 g/mol. The van der Waals surface area contributed by atoms with Crippen LogP contribution in [0.3, 0.4) is 0 Å². The molecule has 0 fully saturated rings. The zero-order valence-corrected chi connectivity index (χ0v) is 17.2. The van der Waals surface area contributed by atoms with Crippen LogP contribution in [0.1, 0.15) is 72.6 Å². The Labute approximate surface area is 159 Å². The Bertz CT molecular complexity index is 681. The Morgan fingerprint density at radius 1 is 1.00 bits per heavy atom.